The zero-order valence-electron chi connectivity index (χ0n) is 10.4. The van der Waals surface area contributed by atoms with Gasteiger partial charge in [0.25, 0.3) is 0 Å². The summed E-state index contributed by atoms with van der Waals surface area (Å²) in [4.78, 5) is 3.48. The van der Waals surface area contributed by atoms with Crippen LogP contribution in [0.1, 0.15) is 5.56 Å². The lowest BCUT2D eigenvalue weighted by Crippen LogP contribution is -2.26. The van der Waals surface area contributed by atoms with E-state index < -0.39 is 26.6 Å². The second kappa shape index (κ2) is 6.06. The average Bonchev–Trinajstić information content (AvgIpc) is 2.38. The van der Waals surface area contributed by atoms with Crippen molar-refractivity contribution in [2.75, 3.05) is 6.54 Å². The third kappa shape index (κ3) is 3.82. The van der Waals surface area contributed by atoms with Gasteiger partial charge in [-0.15, -0.1) is 0 Å². The predicted octanol–water partition coefficient (Wildman–Crippen LogP) is 1.88. The van der Waals surface area contributed by atoms with Gasteiger partial charge in [0.2, 0.25) is 10.0 Å². The maximum atomic E-state index is 13.0. The molecular weight excluding hydrogens is 286 g/mol. The molecule has 106 valence electrons. The van der Waals surface area contributed by atoms with Crippen LogP contribution in [0.5, 0.6) is 0 Å². The Morgan fingerprint density at radius 2 is 1.85 bits per heavy atom. The van der Waals surface area contributed by atoms with Crippen LogP contribution >= 0.6 is 0 Å². The Morgan fingerprint density at radius 1 is 1.15 bits per heavy atom. The van der Waals surface area contributed by atoms with Gasteiger partial charge in [0.05, 0.1) is 4.90 Å². The van der Waals surface area contributed by atoms with E-state index in [1.165, 1.54) is 0 Å². The SMILES string of the molecule is O=S(=O)(NCCc1cccnc1)c1cc(F)cc(F)c1. The number of aromatic nitrogens is 1. The minimum Gasteiger partial charge on any atom is -0.264 e. The van der Waals surface area contributed by atoms with Gasteiger partial charge < -0.3 is 0 Å². The van der Waals surface area contributed by atoms with Gasteiger partial charge in [-0.25, -0.2) is 21.9 Å². The summed E-state index contributed by atoms with van der Waals surface area (Å²) in [6, 6.07) is 5.72. The molecule has 0 fully saturated rings. The van der Waals surface area contributed by atoms with Crippen molar-refractivity contribution in [2.24, 2.45) is 0 Å². The van der Waals surface area contributed by atoms with E-state index in [2.05, 4.69) is 9.71 Å². The Balaban J connectivity index is 2.04. The third-order valence-corrected chi connectivity index (χ3v) is 4.02. The molecule has 2 rings (SSSR count). The van der Waals surface area contributed by atoms with Crippen LogP contribution < -0.4 is 4.72 Å². The number of rotatable bonds is 5. The quantitative estimate of drug-likeness (QED) is 0.917. The molecule has 0 spiro atoms. The van der Waals surface area contributed by atoms with E-state index in [9.17, 15) is 17.2 Å². The Labute approximate surface area is 115 Å². The largest absolute Gasteiger partial charge is 0.264 e. The lowest BCUT2D eigenvalue weighted by atomic mass is 10.2. The maximum Gasteiger partial charge on any atom is 0.240 e. The van der Waals surface area contributed by atoms with Gasteiger partial charge in [0.1, 0.15) is 11.6 Å². The first kappa shape index (κ1) is 14.5. The normalized spacial score (nSPS) is 11.5. The Kier molecular flexibility index (Phi) is 4.41. The van der Waals surface area contributed by atoms with Crippen LogP contribution in [0.15, 0.2) is 47.6 Å². The average molecular weight is 298 g/mol. The van der Waals surface area contributed by atoms with E-state index >= 15 is 0 Å². The molecule has 0 atom stereocenters. The van der Waals surface area contributed by atoms with Crippen LogP contribution in [0.3, 0.4) is 0 Å². The van der Waals surface area contributed by atoms with E-state index in [1.54, 1.807) is 18.5 Å². The molecule has 0 radical (unpaired) electrons. The Hall–Kier alpha value is -1.86. The summed E-state index contributed by atoms with van der Waals surface area (Å²) < 4.78 is 52.0. The molecule has 1 aromatic carbocycles. The second-order valence-corrected chi connectivity index (χ2v) is 5.88. The molecule has 7 heteroatoms. The highest BCUT2D eigenvalue weighted by Crippen LogP contribution is 2.13. The zero-order valence-corrected chi connectivity index (χ0v) is 11.2. The second-order valence-electron chi connectivity index (χ2n) is 4.11. The topological polar surface area (TPSA) is 59.1 Å². The molecule has 2 aromatic rings. The molecule has 0 amide bonds. The van der Waals surface area contributed by atoms with Crippen molar-refractivity contribution in [3.05, 3.63) is 59.9 Å². The number of hydrogen-bond donors (Lipinski definition) is 1. The Bertz CT molecular complexity index is 671. The summed E-state index contributed by atoms with van der Waals surface area (Å²) in [5, 5.41) is 0. The van der Waals surface area contributed by atoms with E-state index in [0.29, 0.717) is 12.5 Å². The van der Waals surface area contributed by atoms with Crippen molar-refractivity contribution < 1.29 is 17.2 Å². The molecule has 1 N–H and O–H groups in total. The molecule has 0 bridgehead atoms. The fourth-order valence-corrected chi connectivity index (χ4v) is 2.72. The summed E-state index contributed by atoms with van der Waals surface area (Å²) in [7, 11) is -3.93. The molecule has 0 saturated carbocycles. The first-order chi connectivity index (χ1) is 9.47. The third-order valence-electron chi connectivity index (χ3n) is 2.57. The standard InChI is InChI=1S/C13H12F2N2O2S/c14-11-6-12(15)8-13(7-11)20(18,19)17-5-3-10-2-1-4-16-9-10/h1-2,4,6-9,17H,3,5H2. The van der Waals surface area contributed by atoms with Crippen LogP contribution in [0.4, 0.5) is 8.78 Å². The van der Waals surface area contributed by atoms with Gasteiger partial charge >= 0.3 is 0 Å². The molecule has 0 aliphatic rings. The van der Waals surface area contributed by atoms with Crippen LogP contribution in [0.2, 0.25) is 0 Å². The van der Waals surface area contributed by atoms with E-state index in [1.807, 2.05) is 6.07 Å². The van der Waals surface area contributed by atoms with Crippen molar-refractivity contribution in [3.63, 3.8) is 0 Å². The van der Waals surface area contributed by atoms with E-state index in [4.69, 9.17) is 0 Å². The highest BCUT2D eigenvalue weighted by atomic mass is 32.2. The summed E-state index contributed by atoms with van der Waals surface area (Å²) in [6.07, 6.45) is 3.67. The van der Waals surface area contributed by atoms with Gasteiger partial charge in [-0.3, -0.25) is 4.98 Å². The molecule has 0 saturated heterocycles. The number of sulfonamides is 1. The highest BCUT2D eigenvalue weighted by molar-refractivity contribution is 7.89. The van der Waals surface area contributed by atoms with Crippen LogP contribution in [0, 0.1) is 11.6 Å². The van der Waals surface area contributed by atoms with Gasteiger partial charge in [-0.1, -0.05) is 6.07 Å². The molecule has 4 nitrogen and oxygen atoms in total. The molecule has 20 heavy (non-hydrogen) atoms. The predicted molar refractivity (Wildman–Crippen MR) is 69.5 cm³/mol. The number of nitrogens with zero attached hydrogens (tertiary/aromatic N) is 1. The highest BCUT2D eigenvalue weighted by Gasteiger charge is 2.15. The van der Waals surface area contributed by atoms with Crippen molar-refractivity contribution in [1.29, 1.82) is 0 Å². The minimum absolute atomic E-state index is 0.117. The maximum absolute atomic E-state index is 13.0. The number of hydrogen-bond acceptors (Lipinski definition) is 3. The molecular formula is C13H12F2N2O2S. The van der Waals surface area contributed by atoms with Crippen molar-refractivity contribution >= 4 is 10.0 Å². The van der Waals surface area contributed by atoms with Crippen LogP contribution in [0.25, 0.3) is 0 Å². The summed E-state index contributed by atoms with van der Waals surface area (Å²) in [5.74, 6) is -1.87. The lowest BCUT2D eigenvalue weighted by Gasteiger charge is -2.07. The first-order valence-corrected chi connectivity index (χ1v) is 7.30. The number of pyridine rings is 1. The van der Waals surface area contributed by atoms with E-state index in [-0.39, 0.29) is 6.54 Å². The smallest absolute Gasteiger partial charge is 0.240 e. The summed E-state index contributed by atoms with van der Waals surface area (Å²) >= 11 is 0. The fraction of sp³-hybridized carbons (Fsp3) is 0.154. The number of benzene rings is 1. The number of halogens is 2. The lowest BCUT2D eigenvalue weighted by molar-refractivity contribution is 0.561. The van der Waals surface area contributed by atoms with Crippen LogP contribution in [-0.4, -0.2) is 19.9 Å². The Morgan fingerprint density at radius 3 is 2.45 bits per heavy atom. The minimum atomic E-state index is -3.93. The molecule has 1 heterocycles. The fourth-order valence-electron chi connectivity index (χ4n) is 1.64. The summed E-state index contributed by atoms with van der Waals surface area (Å²) in [5.41, 5.74) is 0.862. The van der Waals surface area contributed by atoms with Gasteiger partial charge in [-0.2, -0.15) is 0 Å². The number of nitrogens with one attached hydrogen (secondary N) is 1. The first-order valence-electron chi connectivity index (χ1n) is 5.82. The zero-order chi connectivity index (χ0) is 14.6. The van der Waals surface area contributed by atoms with Crippen molar-refractivity contribution in [1.82, 2.24) is 9.71 Å². The monoisotopic (exact) mass is 298 g/mol. The molecule has 0 aliphatic carbocycles. The van der Waals surface area contributed by atoms with E-state index in [0.717, 1.165) is 17.7 Å². The van der Waals surface area contributed by atoms with Gasteiger partial charge in [0.15, 0.2) is 0 Å². The van der Waals surface area contributed by atoms with Gasteiger partial charge in [0, 0.05) is 25.0 Å². The van der Waals surface area contributed by atoms with Gasteiger partial charge in [-0.05, 0) is 30.2 Å². The van der Waals surface area contributed by atoms with Crippen LogP contribution in [-0.2, 0) is 16.4 Å². The molecule has 0 aliphatic heterocycles. The molecule has 0 unspecified atom stereocenters. The van der Waals surface area contributed by atoms with Crippen molar-refractivity contribution in [2.45, 2.75) is 11.3 Å². The molecule has 1 aromatic heterocycles. The van der Waals surface area contributed by atoms with Crippen molar-refractivity contribution in [3.8, 4) is 0 Å². The summed E-state index contributed by atoms with van der Waals surface area (Å²) in [6.45, 7) is 0.117.